The van der Waals surface area contributed by atoms with Crippen LogP contribution in [0.5, 0.6) is 0 Å². The Morgan fingerprint density at radius 1 is 1.38 bits per heavy atom. The summed E-state index contributed by atoms with van der Waals surface area (Å²) >= 11 is 0. The summed E-state index contributed by atoms with van der Waals surface area (Å²) in [5.74, 6) is 4.91. The topological polar surface area (TPSA) is 55.5 Å². The van der Waals surface area contributed by atoms with Crippen molar-refractivity contribution >= 4 is 0 Å². The molecule has 0 fully saturated rings. The molecule has 1 aromatic carbocycles. The first-order chi connectivity index (χ1) is 6.24. The molecule has 0 aromatic heterocycles. The standard InChI is InChI=1S/C10H15NO2/c1-8(12)10-4-2-9(3-5-10)6-7-13-11/h2-5,8,12H,6-7,11H2,1H3. The Morgan fingerprint density at radius 3 is 2.46 bits per heavy atom. The highest BCUT2D eigenvalue weighted by Crippen LogP contribution is 2.12. The lowest BCUT2D eigenvalue weighted by Gasteiger charge is -2.05. The van der Waals surface area contributed by atoms with E-state index in [1.807, 2.05) is 24.3 Å². The maximum atomic E-state index is 9.25. The van der Waals surface area contributed by atoms with Crippen LogP contribution >= 0.6 is 0 Å². The quantitative estimate of drug-likeness (QED) is 0.685. The van der Waals surface area contributed by atoms with Crippen LogP contribution in [0.25, 0.3) is 0 Å². The van der Waals surface area contributed by atoms with E-state index in [4.69, 9.17) is 5.90 Å². The average molecular weight is 181 g/mol. The van der Waals surface area contributed by atoms with Crippen LogP contribution in [-0.4, -0.2) is 11.7 Å². The van der Waals surface area contributed by atoms with Crippen molar-refractivity contribution in [2.75, 3.05) is 6.61 Å². The molecule has 0 radical (unpaired) electrons. The van der Waals surface area contributed by atoms with E-state index in [-0.39, 0.29) is 0 Å². The third-order valence-electron chi connectivity index (χ3n) is 1.97. The summed E-state index contributed by atoms with van der Waals surface area (Å²) in [5, 5.41) is 9.25. The predicted molar refractivity (Wildman–Crippen MR) is 50.9 cm³/mol. The first-order valence-electron chi connectivity index (χ1n) is 4.32. The highest BCUT2D eigenvalue weighted by molar-refractivity contribution is 5.23. The van der Waals surface area contributed by atoms with Gasteiger partial charge in [0.25, 0.3) is 0 Å². The molecule has 0 spiro atoms. The molecule has 1 rings (SSSR count). The lowest BCUT2D eigenvalue weighted by molar-refractivity contribution is 0.141. The maximum absolute atomic E-state index is 9.25. The van der Waals surface area contributed by atoms with E-state index < -0.39 is 6.10 Å². The van der Waals surface area contributed by atoms with Gasteiger partial charge in [0.15, 0.2) is 0 Å². The van der Waals surface area contributed by atoms with Gasteiger partial charge in [0.05, 0.1) is 12.7 Å². The lowest BCUT2D eigenvalue weighted by Crippen LogP contribution is -2.03. The van der Waals surface area contributed by atoms with Crippen molar-refractivity contribution in [2.24, 2.45) is 5.90 Å². The van der Waals surface area contributed by atoms with E-state index in [1.54, 1.807) is 6.92 Å². The summed E-state index contributed by atoms with van der Waals surface area (Å²) < 4.78 is 0. The van der Waals surface area contributed by atoms with E-state index in [0.29, 0.717) is 6.61 Å². The van der Waals surface area contributed by atoms with E-state index >= 15 is 0 Å². The van der Waals surface area contributed by atoms with Crippen LogP contribution < -0.4 is 5.90 Å². The highest BCUT2D eigenvalue weighted by atomic mass is 16.6. The predicted octanol–water partition coefficient (Wildman–Crippen LogP) is 1.17. The summed E-state index contributed by atoms with van der Waals surface area (Å²) in [7, 11) is 0. The van der Waals surface area contributed by atoms with Crippen molar-refractivity contribution in [1.82, 2.24) is 0 Å². The number of aliphatic hydroxyl groups is 1. The van der Waals surface area contributed by atoms with Gasteiger partial charge in [0, 0.05) is 0 Å². The van der Waals surface area contributed by atoms with E-state index in [9.17, 15) is 5.11 Å². The Hall–Kier alpha value is -0.900. The molecule has 0 aliphatic rings. The Balaban J connectivity index is 2.59. The Kier molecular flexibility index (Phi) is 3.89. The van der Waals surface area contributed by atoms with Gasteiger partial charge in [-0.1, -0.05) is 24.3 Å². The Labute approximate surface area is 78.1 Å². The van der Waals surface area contributed by atoms with Crippen LogP contribution in [0, 0.1) is 0 Å². The third-order valence-corrected chi connectivity index (χ3v) is 1.97. The fraction of sp³-hybridized carbons (Fsp3) is 0.400. The van der Waals surface area contributed by atoms with Gasteiger partial charge in [0.1, 0.15) is 0 Å². The summed E-state index contributed by atoms with van der Waals surface area (Å²) in [5.41, 5.74) is 2.09. The number of benzene rings is 1. The minimum absolute atomic E-state index is 0.403. The van der Waals surface area contributed by atoms with Gasteiger partial charge < -0.3 is 9.94 Å². The first kappa shape index (κ1) is 10.2. The van der Waals surface area contributed by atoms with Gasteiger partial charge >= 0.3 is 0 Å². The van der Waals surface area contributed by atoms with Gasteiger partial charge in [0.2, 0.25) is 0 Å². The zero-order chi connectivity index (χ0) is 9.68. The van der Waals surface area contributed by atoms with E-state index in [1.165, 1.54) is 0 Å². The molecule has 13 heavy (non-hydrogen) atoms. The molecule has 0 aliphatic heterocycles. The zero-order valence-electron chi connectivity index (χ0n) is 7.73. The smallest absolute Gasteiger partial charge is 0.0761 e. The molecule has 3 nitrogen and oxygen atoms in total. The number of nitrogens with two attached hydrogens (primary N) is 1. The molecule has 72 valence electrons. The molecule has 1 unspecified atom stereocenters. The average Bonchev–Trinajstić information content (AvgIpc) is 2.15. The fourth-order valence-electron chi connectivity index (χ4n) is 1.14. The molecule has 1 atom stereocenters. The molecule has 0 amide bonds. The Morgan fingerprint density at radius 2 is 2.00 bits per heavy atom. The van der Waals surface area contributed by atoms with Gasteiger partial charge in [-0.25, -0.2) is 5.90 Å². The van der Waals surface area contributed by atoms with Crippen LogP contribution in [0.2, 0.25) is 0 Å². The molecule has 0 heterocycles. The maximum Gasteiger partial charge on any atom is 0.0761 e. The number of hydrogen-bond acceptors (Lipinski definition) is 3. The third kappa shape index (κ3) is 3.14. The van der Waals surface area contributed by atoms with E-state index in [2.05, 4.69) is 4.84 Å². The number of rotatable bonds is 4. The largest absolute Gasteiger partial charge is 0.389 e. The summed E-state index contributed by atoms with van der Waals surface area (Å²) in [6.07, 6.45) is 0.399. The van der Waals surface area contributed by atoms with Gasteiger partial charge in [-0.15, -0.1) is 0 Å². The lowest BCUT2D eigenvalue weighted by atomic mass is 10.1. The molecule has 1 aromatic rings. The summed E-state index contributed by atoms with van der Waals surface area (Å²) in [6.45, 7) is 2.27. The molecule has 3 heteroatoms. The molecular formula is C10H15NO2. The molecule has 3 N–H and O–H groups in total. The minimum atomic E-state index is -0.403. The number of aliphatic hydroxyl groups excluding tert-OH is 1. The highest BCUT2D eigenvalue weighted by Gasteiger charge is 1.99. The van der Waals surface area contributed by atoms with Crippen molar-refractivity contribution in [1.29, 1.82) is 0 Å². The van der Waals surface area contributed by atoms with Crippen molar-refractivity contribution < 1.29 is 9.94 Å². The SMILES string of the molecule is CC(O)c1ccc(CCON)cc1. The second-order valence-corrected chi connectivity index (χ2v) is 3.04. The second kappa shape index (κ2) is 4.97. The van der Waals surface area contributed by atoms with Crippen LogP contribution in [0.4, 0.5) is 0 Å². The fourth-order valence-corrected chi connectivity index (χ4v) is 1.14. The summed E-state index contributed by atoms with van der Waals surface area (Å²) in [4.78, 5) is 4.47. The van der Waals surface area contributed by atoms with Gasteiger partial charge in [-0.2, -0.15) is 0 Å². The van der Waals surface area contributed by atoms with E-state index in [0.717, 1.165) is 17.5 Å². The number of hydrogen-bond donors (Lipinski definition) is 2. The summed E-state index contributed by atoms with van der Waals surface area (Å²) in [6, 6.07) is 7.77. The molecule has 0 bridgehead atoms. The van der Waals surface area contributed by atoms with Crippen molar-refractivity contribution in [2.45, 2.75) is 19.4 Å². The van der Waals surface area contributed by atoms with Crippen LogP contribution in [0.1, 0.15) is 24.2 Å². The second-order valence-electron chi connectivity index (χ2n) is 3.04. The molecule has 0 saturated heterocycles. The van der Waals surface area contributed by atoms with Crippen LogP contribution in [-0.2, 0) is 11.3 Å². The van der Waals surface area contributed by atoms with Crippen LogP contribution in [0.3, 0.4) is 0 Å². The van der Waals surface area contributed by atoms with Crippen LogP contribution in [0.15, 0.2) is 24.3 Å². The molecule has 0 aliphatic carbocycles. The van der Waals surface area contributed by atoms with Crippen molar-refractivity contribution in [3.05, 3.63) is 35.4 Å². The van der Waals surface area contributed by atoms with Crippen molar-refractivity contribution in [3.8, 4) is 0 Å². The molecule has 0 saturated carbocycles. The van der Waals surface area contributed by atoms with Gasteiger partial charge in [-0.05, 0) is 24.5 Å². The van der Waals surface area contributed by atoms with Gasteiger partial charge in [-0.3, -0.25) is 0 Å². The minimum Gasteiger partial charge on any atom is -0.389 e. The molecular weight excluding hydrogens is 166 g/mol. The van der Waals surface area contributed by atoms with Crippen molar-refractivity contribution in [3.63, 3.8) is 0 Å². The normalized spacial score (nSPS) is 12.8. The Bertz CT molecular complexity index is 244. The monoisotopic (exact) mass is 181 g/mol. The zero-order valence-corrected chi connectivity index (χ0v) is 7.73. The first-order valence-corrected chi connectivity index (χ1v) is 4.32.